The van der Waals surface area contributed by atoms with Crippen LogP contribution in [0.1, 0.15) is 12.2 Å². The van der Waals surface area contributed by atoms with Gasteiger partial charge in [0.25, 0.3) is 5.56 Å². The van der Waals surface area contributed by atoms with Gasteiger partial charge in [0.1, 0.15) is 11.3 Å². The standard InChI is InChI=1S/C10H11BrN4O2/c1-15-8-7(9(16)14-10(15)17)12-6(13-8)4-2-3-5-11/h2,4H,3,5H2,1H3,(H,12,13)(H,14,16,17). The monoisotopic (exact) mass is 298 g/mol. The number of hydrogen-bond acceptors (Lipinski definition) is 3. The smallest absolute Gasteiger partial charge is 0.329 e. The summed E-state index contributed by atoms with van der Waals surface area (Å²) in [4.78, 5) is 32.2. The van der Waals surface area contributed by atoms with Crippen molar-refractivity contribution in [3.05, 3.63) is 32.7 Å². The molecule has 0 aliphatic heterocycles. The lowest BCUT2D eigenvalue weighted by molar-refractivity contribution is 0.832. The Hall–Kier alpha value is -1.63. The predicted molar refractivity (Wildman–Crippen MR) is 69.4 cm³/mol. The molecule has 0 spiro atoms. The summed E-state index contributed by atoms with van der Waals surface area (Å²) in [5, 5.41) is 0.864. The maximum absolute atomic E-state index is 11.5. The third-order valence-electron chi connectivity index (χ3n) is 2.32. The predicted octanol–water partition coefficient (Wildman–Crippen LogP) is 0.748. The number of rotatable bonds is 3. The highest BCUT2D eigenvalue weighted by Gasteiger charge is 2.08. The number of aromatic nitrogens is 4. The summed E-state index contributed by atoms with van der Waals surface area (Å²) in [5.41, 5.74) is -0.247. The van der Waals surface area contributed by atoms with Crippen LogP contribution in [0, 0.1) is 0 Å². The van der Waals surface area contributed by atoms with E-state index in [0.717, 1.165) is 11.8 Å². The van der Waals surface area contributed by atoms with E-state index in [-0.39, 0.29) is 0 Å². The van der Waals surface area contributed by atoms with Crippen molar-refractivity contribution < 1.29 is 0 Å². The second kappa shape index (κ2) is 4.70. The fourth-order valence-corrected chi connectivity index (χ4v) is 1.72. The van der Waals surface area contributed by atoms with Gasteiger partial charge in [-0.15, -0.1) is 0 Å². The lowest BCUT2D eigenvalue weighted by atomic mass is 10.4. The molecular weight excluding hydrogens is 288 g/mol. The molecule has 0 saturated heterocycles. The van der Waals surface area contributed by atoms with Gasteiger partial charge in [0.2, 0.25) is 0 Å². The van der Waals surface area contributed by atoms with Gasteiger partial charge in [-0.3, -0.25) is 14.3 Å². The van der Waals surface area contributed by atoms with Gasteiger partial charge in [0.05, 0.1) is 0 Å². The van der Waals surface area contributed by atoms with Gasteiger partial charge in [-0.25, -0.2) is 9.78 Å². The fourth-order valence-electron chi connectivity index (χ4n) is 1.46. The summed E-state index contributed by atoms with van der Waals surface area (Å²) >= 11 is 3.31. The molecule has 2 aromatic rings. The van der Waals surface area contributed by atoms with Gasteiger partial charge >= 0.3 is 5.69 Å². The highest BCUT2D eigenvalue weighted by molar-refractivity contribution is 9.09. The molecular formula is C10H11BrN4O2. The maximum atomic E-state index is 11.5. The van der Waals surface area contributed by atoms with Crippen LogP contribution in [0.4, 0.5) is 0 Å². The normalized spacial score (nSPS) is 11.6. The Morgan fingerprint density at radius 3 is 2.88 bits per heavy atom. The van der Waals surface area contributed by atoms with E-state index >= 15 is 0 Å². The van der Waals surface area contributed by atoms with Crippen LogP contribution in [0.3, 0.4) is 0 Å². The number of imidazole rings is 1. The van der Waals surface area contributed by atoms with E-state index in [0.29, 0.717) is 17.0 Å². The van der Waals surface area contributed by atoms with Crippen molar-refractivity contribution in [3.63, 3.8) is 0 Å². The van der Waals surface area contributed by atoms with E-state index in [2.05, 4.69) is 30.9 Å². The van der Waals surface area contributed by atoms with Gasteiger partial charge in [-0.2, -0.15) is 0 Å². The Morgan fingerprint density at radius 1 is 1.41 bits per heavy atom. The largest absolute Gasteiger partial charge is 0.333 e. The Balaban J connectivity index is 2.58. The van der Waals surface area contributed by atoms with Gasteiger partial charge < -0.3 is 4.98 Å². The van der Waals surface area contributed by atoms with Gasteiger partial charge in [0, 0.05) is 12.4 Å². The topological polar surface area (TPSA) is 83.5 Å². The molecule has 0 bridgehead atoms. The molecule has 0 aliphatic rings. The summed E-state index contributed by atoms with van der Waals surface area (Å²) < 4.78 is 1.30. The molecule has 2 aromatic heterocycles. The van der Waals surface area contributed by atoms with E-state index in [1.807, 2.05) is 6.08 Å². The van der Waals surface area contributed by atoms with Crippen molar-refractivity contribution in [2.45, 2.75) is 6.42 Å². The first-order valence-electron chi connectivity index (χ1n) is 5.05. The Kier molecular flexibility index (Phi) is 3.28. The fraction of sp³-hybridized carbons (Fsp3) is 0.300. The number of alkyl halides is 1. The summed E-state index contributed by atoms with van der Waals surface area (Å²) in [6, 6.07) is 0. The number of allylic oxidation sites excluding steroid dienone is 1. The van der Waals surface area contributed by atoms with Crippen LogP contribution in [0.2, 0.25) is 0 Å². The van der Waals surface area contributed by atoms with E-state index in [4.69, 9.17) is 0 Å². The third-order valence-corrected chi connectivity index (χ3v) is 2.78. The molecule has 0 radical (unpaired) electrons. The maximum Gasteiger partial charge on any atom is 0.329 e. The molecule has 2 rings (SSSR count). The van der Waals surface area contributed by atoms with Crippen LogP contribution in [-0.4, -0.2) is 24.8 Å². The molecule has 0 unspecified atom stereocenters. The average Bonchev–Trinajstić information content (AvgIpc) is 2.71. The minimum Gasteiger partial charge on any atom is -0.333 e. The quantitative estimate of drug-likeness (QED) is 0.820. The van der Waals surface area contributed by atoms with Crippen molar-refractivity contribution in [3.8, 4) is 0 Å². The summed E-state index contributed by atoms with van der Waals surface area (Å²) in [6.45, 7) is 0. The van der Waals surface area contributed by atoms with Crippen LogP contribution in [-0.2, 0) is 7.05 Å². The number of nitrogens with zero attached hydrogens (tertiary/aromatic N) is 2. The van der Waals surface area contributed by atoms with Gasteiger partial charge in [-0.05, 0) is 12.5 Å². The van der Waals surface area contributed by atoms with E-state index in [9.17, 15) is 9.59 Å². The summed E-state index contributed by atoms with van der Waals surface area (Å²) in [5.74, 6) is 0.563. The van der Waals surface area contributed by atoms with Crippen molar-refractivity contribution in [1.29, 1.82) is 0 Å². The number of H-pyrrole nitrogens is 2. The van der Waals surface area contributed by atoms with E-state index < -0.39 is 11.2 Å². The molecule has 0 saturated carbocycles. The van der Waals surface area contributed by atoms with Crippen LogP contribution in [0.25, 0.3) is 17.2 Å². The zero-order chi connectivity index (χ0) is 12.4. The van der Waals surface area contributed by atoms with Gasteiger partial charge in [0.15, 0.2) is 5.65 Å². The molecule has 0 aliphatic carbocycles. The Bertz CT molecular complexity index is 680. The molecule has 6 nitrogen and oxygen atoms in total. The number of nitrogens with one attached hydrogen (secondary N) is 2. The third kappa shape index (κ3) is 2.23. The van der Waals surface area contributed by atoms with Crippen LogP contribution >= 0.6 is 15.9 Å². The number of hydrogen-bond donors (Lipinski definition) is 2. The first kappa shape index (κ1) is 11.8. The molecule has 2 N–H and O–H groups in total. The van der Waals surface area contributed by atoms with E-state index in [1.54, 1.807) is 13.1 Å². The highest BCUT2D eigenvalue weighted by Crippen LogP contribution is 2.05. The molecule has 0 fully saturated rings. The number of aryl methyl sites for hydroxylation is 1. The first-order valence-corrected chi connectivity index (χ1v) is 6.17. The molecule has 90 valence electrons. The van der Waals surface area contributed by atoms with Crippen molar-refractivity contribution >= 4 is 33.2 Å². The van der Waals surface area contributed by atoms with Crippen LogP contribution in [0.15, 0.2) is 15.7 Å². The molecule has 2 heterocycles. The number of fused-ring (bicyclic) bond motifs is 1. The Labute approximate surface area is 105 Å². The van der Waals surface area contributed by atoms with Gasteiger partial charge in [-0.1, -0.05) is 22.0 Å². The van der Waals surface area contributed by atoms with Crippen molar-refractivity contribution in [2.24, 2.45) is 7.05 Å². The zero-order valence-corrected chi connectivity index (χ0v) is 10.7. The molecule has 0 aromatic carbocycles. The molecule has 17 heavy (non-hydrogen) atoms. The second-order valence-corrected chi connectivity index (χ2v) is 4.31. The minimum atomic E-state index is -0.468. The van der Waals surface area contributed by atoms with Crippen molar-refractivity contribution in [2.75, 3.05) is 5.33 Å². The van der Waals surface area contributed by atoms with Crippen LogP contribution < -0.4 is 11.2 Å². The second-order valence-electron chi connectivity index (χ2n) is 3.52. The molecule has 0 atom stereocenters. The highest BCUT2D eigenvalue weighted by atomic mass is 79.9. The molecule has 0 amide bonds. The number of halogens is 1. The van der Waals surface area contributed by atoms with Crippen molar-refractivity contribution in [1.82, 2.24) is 19.5 Å². The van der Waals surface area contributed by atoms with Crippen LogP contribution in [0.5, 0.6) is 0 Å². The molecule has 7 heteroatoms. The Morgan fingerprint density at radius 2 is 2.18 bits per heavy atom. The average molecular weight is 299 g/mol. The summed E-state index contributed by atoms with van der Waals surface area (Å²) in [6.07, 6.45) is 4.58. The SMILES string of the molecule is Cn1c(=O)[nH]c(=O)c2[nH]c(C=CCCBr)nc21. The lowest BCUT2D eigenvalue weighted by Gasteiger charge is -1.94. The number of aromatic amines is 2. The zero-order valence-electron chi connectivity index (χ0n) is 9.16. The summed E-state index contributed by atoms with van der Waals surface area (Å²) in [7, 11) is 1.56. The first-order chi connectivity index (χ1) is 8.13. The minimum absolute atomic E-state index is 0.311. The van der Waals surface area contributed by atoms with E-state index in [1.165, 1.54) is 4.57 Å². The lowest BCUT2D eigenvalue weighted by Crippen LogP contribution is -2.28.